The molecule has 10 heteroatoms. The summed E-state index contributed by atoms with van der Waals surface area (Å²) in [6, 6.07) is 13.6. The van der Waals surface area contributed by atoms with Crippen molar-refractivity contribution >= 4 is 31.9 Å². The summed E-state index contributed by atoms with van der Waals surface area (Å²) in [6.45, 7) is 1.47. The van der Waals surface area contributed by atoms with Crippen LogP contribution < -0.4 is 10.2 Å². The Morgan fingerprint density at radius 1 is 1.16 bits per heavy atom. The van der Waals surface area contributed by atoms with Crippen molar-refractivity contribution in [2.75, 3.05) is 19.7 Å². The standard InChI is InChI=1S/C22H23BrN2O6S/c1-2-15-30-19-7-9-20(10-8-19)32(28,29)22(31-21(26)24-27)11-13-25(14-12-22)16-17-3-5-18(23)6-4-17/h1,3-10,27H,11-16H2,(H,24,26). The maximum absolute atomic E-state index is 13.5. The number of amides is 1. The van der Waals surface area contributed by atoms with Gasteiger partial charge in [0.15, 0.2) is 0 Å². The quantitative estimate of drug-likeness (QED) is 0.326. The molecule has 8 nitrogen and oxygen atoms in total. The number of hydrogen-bond acceptors (Lipinski definition) is 7. The van der Waals surface area contributed by atoms with Crippen LogP contribution in [0.25, 0.3) is 0 Å². The van der Waals surface area contributed by atoms with Crippen molar-refractivity contribution < 1.29 is 27.9 Å². The molecule has 1 amide bonds. The summed E-state index contributed by atoms with van der Waals surface area (Å²) in [7, 11) is -4.09. The van der Waals surface area contributed by atoms with Crippen molar-refractivity contribution in [3.63, 3.8) is 0 Å². The van der Waals surface area contributed by atoms with Gasteiger partial charge in [0.05, 0.1) is 4.90 Å². The van der Waals surface area contributed by atoms with Crippen molar-refractivity contribution in [1.29, 1.82) is 0 Å². The van der Waals surface area contributed by atoms with Crippen LogP contribution in [-0.2, 0) is 21.1 Å². The fraction of sp³-hybridized carbons (Fsp3) is 0.318. The molecule has 32 heavy (non-hydrogen) atoms. The minimum atomic E-state index is -4.09. The topological polar surface area (TPSA) is 105 Å². The maximum atomic E-state index is 13.5. The first-order valence-corrected chi connectivity index (χ1v) is 12.1. The minimum Gasteiger partial charge on any atom is -0.481 e. The van der Waals surface area contributed by atoms with E-state index in [1.165, 1.54) is 29.7 Å². The van der Waals surface area contributed by atoms with E-state index in [0.717, 1.165) is 10.0 Å². The third kappa shape index (κ3) is 5.42. The van der Waals surface area contributed by atoms with Gasteiger partial charge < -0.3 is 9.47 Å². The van der Waals surface area contributed by atoms with Crippen molar-refractivity contribution in [3.05, 3.63) is 58.6 Å². The minimum absolute atomic E-state index is 0.0161. The number of hydrogen-bond donors (Lipinski definition) is 2. The highest BCUT2D eigenvalue weighted by molar-refractivity contribution is 9.10. The fourth-order valence-electron chi connectivity index (χ4n) is 3.57. The Bertz CT molecular complexity index is 1070. The van der Waals surface area contributed by atoms with Crippen LogP contribution in [0.15, 0.2) is 57.9 Å². The number of sulfone groups is 1. The van der Waals surface area contributed by atoms with E-state index < -0.39 is 20.9 Å². The Hall–Kier alpha value is -2.58. The zero-order valence-corrected chi connectivity index (χ0v) is 19.6. The molecule has 0 aliphatic carbocycles. The number of benzene rings is 2. The van der Waals surface area contributed by atoms with Gasteiger partial charge in [-0.15, -0.1) is 6.42 Å². The lowest BCUT2D eigenvalue weighted by atomic mass is 10.1. The molecule has 0 spiro atoms. The molecular formula is C22H23BrN2O6S. The molecule has 1 fully saturated rings. The molecule has 0 aromatic heterocycles. The molecule has 1 aliphatic rings. The molecule has 0 saturated carbocycles. The number of carbonyl (C=O) groups is 1. The number of hydroxylamine groups is 1. The van der Waals surface area contributed by atoms with E-state index >= 15 is 0 Å². The van der Waals surface area contributed by atoms with E-state index in [9.17, 15) is 13.2 Å². The van der Waals surface area contributed by atoms with Crippen molar-refractivity contribution in [3.8, 4) is 18.1 Å². The summed E-state index contributed by atoms with van der Waals surface area (Å²) >= 11 is 3.40. The molecule has 0 bridgehead atoms. The molecule has 3 rings (SSSR count). The lowest BCUT2D eigenvalue weighted by Crippen LogP contribution is -2.52. The average Bonchev–Trinajstić information content (AvgIpc) is 2.80. The van der Waals surface area contributed by atoms with Gasteiger partial charge in [0.1, 0.15) is 12.4 Å². The van der Waals surface area contributed by atoms with Crippen LogP contribution in [0, 0.1) is 12.3 Å². The summed E-state index contributed by atoms with van der Waals surface area (Å²) in [6.07, 6.45) is 4.05. The summed E-state index contributed by atoms with van der Waals surface area (Å²) in [4.78, 5) is 12.1. The van der Waals surface area contributed by atoms with Crippen molar-refractivity contribution in [2.45, 2.75) is 29.2 Å². The molecule has 1 heterocycles. The second-order valence-corrected chi connectivity index (χ2v) is 10.4. The number of rotatable bonds is 7. The summed E-state index contributed by atoms with van der Waals surface area (Å²) < 4.78 is 38.5. The largest absolute Gasteiger partial charge is 0.481 e. The smallest absolute Gasteiger partial charge is 0.432 e. The molecule has 0 atom stereocenters. The van der Waals surface area contributed by atoms with Gasteiger partial charge in [-0.2, -0.15) is 0 Å². The second-order valence-electron chi connectivity index (χ2n) is 7.28. The van der Waals surface area contributed by atoms with E-state index in [2.05, 4.69) is 26.8 Å². The van der Waals surface area contributed by atoms with Crippen LogP contribution in [-0.4, -0.2) is 49.2 Å². The van der Waals surface area contributed by atoms with Crippen LogP contribution in [0.3, 0.4) is 0 Å². The van der Waals surface area contributed by atoms with Crippen LogP contribution in [0.2, 0.25) is 0 Å². The Morgan fingerprint density at radius 3 is 2.34 bits per heavy atom. The van der Waals surface area contributed by atoms with E-state index in [4.69, 9.17) is 21.1 Å². The molecule has 170 valence electrons. The SMILES string of the molecule is C#CCOc1ccc(S(=O)(=O)C2(OC(=O)NO)CCN(Cc3ccc(Br)cc3)CC2)cc1. The molecule has 0 radical (unpaired) electrons. The molecule has 2 aromatic rings. The molecule has 2 N–H and O–H groups in total. The monoisotopic (exact) mass is 522 g/mol. The fourth-order valence-corrected chi connectivity index (χ4v) is 5.67. The zero-order chi connectivity index (χ0) is 23.2. The molecular weight excluding hydrogens is 500 g/mol. The third-order valence-electron chi connectivity index (χ3n) is 5.25. The maximum Gasteiger partial charge on any atom is 0.432 e. The van der Waals surface area contributed by atoms with Gasteiger partial charge in [-0.05, 0) is 42.0 Å². The average molecular weight is 523 g/mol. The number of likely N-dealkylation sites (tertiary alicyclic amines) is 1. The zero-order valence-electron chi connectivity index (χ0n) is 17.2. The van der Waals surface area contributed by atoms with Crippen molar-refractivity contribution in [1.82, 2.24) is 10.4 Å². The van der Waals surface area contributed by atoms with Gasteiger partial charge in [0.2, 0.25) is 14.8 Å². The normalized spacial score (nSPS) is 16.0. The first kappa shape index (κ1) is 24.1. The predicted octanol–water partition coefficient (Wildman–Crippen LogP) is 3.34. The number of ether oxygens (including phenoxy) is 2. The van der Waals surface area contributed by atoms with Gasteiger partial charge >= 0.3 is 6.09 Å². The molecule has 1 aliphatic heterocycles. The number of nitrogens with one attached hydrogen (secondary N) is 1. The highest BCUT2D eigenvalue weighted by Crippen LogP contribution is 2.37. The van der Waals surface area contributed by atoms with Crippen LogP contribution in [0.1, 0.15) is 18.4 Å². The lowest BCUT2D eigenvalue weighted by molar-refractivity contribution is 0.000287. The number of carbonyl (C=O) groups excluding carboxylic acids is 1. The van der Waals surface area contributed by atoms with E-state index in [1.54, 1.807) is 0 Å². The van der Waals surface area contributed by atoms with Crippen molar-refractivity contribution in [2.24, 2.45) is 0 Å². The second kappa shape index (κ2) is 10.4. The third-order valence-corrected chi connectivity index (χ3v) is 8.15. The Labute approximate surface area is 195 Å². The molecule has 2 aromatic carbocycles. The van der Waals surface area contributed by atoms with Crippen LogP contribution in [0.4, 0.5) is 4.79 Å². The number of piperidine rings is 1. The Balaban J connectivity index is 1.80. The number of halogens is 1. The Kier molecular flexibility index (Phi) is 7.79. The van der Waals surface area contributed by atoms with E-state index in [-0.39, 0.29) is 24.3 Å². The molecule has 1 saturated heterocycles. The Morgan fingerprint density at radius 2 is 1.78 bits per heavy atom. The first-order chi connectivity index (χ1) is 15.3. The predicted molar refractivity (Wildman–Crippen MR) is 121 cm³/mol. The summed E-state index contributed by atoms with van der Waals surface area (Å²) in [5.41, 5.74) is 2.45. The van der Waals surface area contributed by atoms with E-state index in [1.807, 2.05) is 24.3 Å². The summed E-state index contributed by atoms with van der Waals surface area (Å²) in [5, 5.41) is 8.94. The van der Waals surface area contributed by atoms with Gasteiger partial charge in [-0.3, -0.25) is 10.1 Å². The number of terminal acetylenes is 1. The highest BCUT2D eigenvalue weighted by atomic mass is 79.9. The van der Waals surface area contributed by atoms with Crippen LogP contribution in [0.5, 0.6) is 5.75 Å². The summed E-state index contributed by atoms with van der Waals surface area (Å²) in [5.74, 6) is 2.76. The first-order valence-electron chi connectivity index (χ1n) is 9.80. The highest BCUT2D eigenvalue weighted by Gasteiger charge is 2.50. The van der Waals surface area contributed by atoms with Gasteiger partial charge in [0, 0.05) is 36.9 Å². The van der Waals surface area contributed by atoms with Gasteiger partial charge in [-0.25, -0.2) is 18.7 Å². The molecule has 0 unspecified atom stereocenters. The lowest BCUT2D eigenvalue weighted by Gasteiger charge is -2.40. The van der Waals surface area contributed by atoms with E-state index in [0.29, 0.717) is 25.4 Å². The number of nitrogens with zero attached hydrogens (tertiary/aromatic N) is 1. The van der Waals surface area contributed by atoms with Gasteiger partial charge in [0.25, 0.3) is 0 Å². The van der Waals surface area contributed by atoms with Crippen LogP contribution >= 0.6 is 15.9 Å². The van der Waals surface area contributed by atoms with Gasteiger partial charge in [-0.1, -0.05) is 34.0 Å².